The topological polar surface area (TPSA) is 115 Å². The maximum atomic E-state index is 15.1. The van der Waals surface area contributed by atoms with Crippen LogP contribution in [0.5, 0.6) is 0 Å². The summed E-state index contributed by atoms with van der Waals surface area (Å²) in [5, 5.41) is 6.88. The zero-order valence-corrected chi connectivity index (χ0v) is 23.9. The van der Waals surface area contributed by atoms with E-state index in [-0.39, 0.29) is 23.7 Å². The number of carbonyl (C=O) groups is 2. The van der Waals surface area contributed by atoms with E-state index in [2.05, 4.69) is 20.4 Å². The lowest BCUT2D eigenvalue weighted by atomic mass is 9.86. The first-order chi connectivity index (χ1) is 18.1. The molecule has 39 heavy (non-hydrogen) atoms. The van der Waals surface area contributed by atoms with Gasteiger partial charge in [-0.3, -0.25) is 4.79 Å². The summed E-state index contributed by atoms with van der Waals surface area (Å²) >= 11 is 0. The first-order valence-electron chi connectivity index (χ1n) is 13.1. The van der Waals surface area contributed by atoms with Crippen LogP contribution in [-0.2, 0) is 17.8 Å². The summed E-state index contributed by atoms with van der Waals surface area (Å²) in [5.41, 5.74) is 0.510. The Labute approximate surface area is 227 Å². The number of benzene rings is 1. The molecule has 3 aromatic rings. The SMILES string of the molecule is Cc1ccc(-c2nc(C(=O)NC(c3nc(C)no3)C(C)(C)C)c3n2CCCN(C(=O)OC(C)(C)C)C3)c(F)c1. The summed E-state index contributed by atoms with van der Waals surface area (Å²) in [6.45, 7) is 15.7. The van der Waals surface area contributed by atoms with Gasteiger partial charge in [-0.1, -0.05) is 32.0 Å². The molecule has 0 aliphatic carbocycles. The van der Waals surface area contributed by atoms with E-state index in [0.717, 1.165) is 5.56 Å². The summed E-state index contributed by atoms with van der Waals surface area (Å²) < 4.78 is 28.0. The molecule has 210 valence electrons. The second kappa shape index (κ2) is 10.4. The lowest BCUT2D eigenvalue weighted by Crippen LogP contribution is -2.39. The fraction of sp³-hybridized carbons (Fsp3) is 0.536. The van der Waals surface area contributed by atoms with Gasteiger partial charge in [-0.15, -0.1) is 0 Å². The van der Waals surface area contributed by atoms with E-state index in [1.54, 1.807) is 44.7 Å². The number of nitrogens with one attached hydrogen (secondary N) is 1. The molecule has 10 nitrogen and oxygen atoms in total. The zero-order valence-electron chi connectivity index (χ0n) is 23.9. The molecule has 2 amide bonds. The van der Waals surface area contributed by atoms with E-state index in [1.165, 1.54) is 6.07 Å². The number of aromatic nitrogens is 4. The largest absolute Gasteiger partial charge is 0.444 e. The fourth-order valence-corrected chi connectivity index (χ4v) is 4.52. The highest BCUT2D eigenvalue weighted by atomic mass is 19.1. The summed E-state index contributed by atoms with van der Waals surface area (Å²) in [7, 11) is 0. The third-order valence-electron chi connectivity index (χ3n) is 6.39. The van der Waals surface area contributed by atoms with Crippen molar-refractivity contribution in [3.05, 3.63) is 52.7 Å². The Morgan fingerprint density at radius 3 is 2.41 bits per heavy atom. The van der Waals surface area contributed by atoms with Crippen molar-refractivity contribution in [2.45, 2.75) is 86.5 Å². The van der Waals surface area contributed by atoms with Gasteiger partial charge in [-0.05, 0) is 64.2 Å². The van der Waals surface area contributed by atoms with Gasteiger partial charge in [0.25, 0.3) is 5.91 Å². The molecular weight excluding hydrogens is 503 g/mol. The summed E-state index contributed by atoms with van der Waals surface area (Å²) in [5.74, 6) is 0.143. The number of amides is 2. The molecule has 11 heteroatoms. The molecule has 0 radical (unpaired) electrons. The molecule has 0 spiro atoms. The Morgan fingerprint density at radius 1 is 1.10 bits per heavy atom. The summed E-state index contributed by atoms with van der Waals surface area (Å²) in [6.07, 6.45) is 0.0937. The first kappa shape index (κ1) is 28.3. The van der Waals surface area contributed by atoms with Crippen LogP contribution in [0.2, 0.25) is 0 Å². The van der Waals surface area contributed by atoms with Crippen molar-refractivity contribution in [2.24, 2.45) is 5.41 Å². The maximum Gasteiger partial charge on any atom is 0.410 e. The van der Waals surface area contributed by atoms with Gasteiger partial charge >= 0.3 is 6.09 Å². The van der Waals surface area contributed by atoms with Crippen LogP contribution in [-0.4, -0.2) is 48.7 Å². The minimum absolute atomic E-state index is 0.0813. The van der Waals surface area contributed by atoms with E-state index >= 15 is 4.39 Å². The minimum Gasteiger partial charge on any atom is -0.444 e. The van der Waals surface area contributed by atoms with Crippen LogP contribution in [0.15, 0.2) is 22.7 Å². The van der Waals surface area contributed by atoms with Crippen molar-refractivity contribution < 1.29 is 23.2 Å². The van der Waals surface area contributed by atoms with Crippen molar-refractivity contribution in [3.8, 4) is 11.4 Å². The molecule has 0 bridgehead atoms. The summed E-state index contributed by atoms with van der Waals surface area (Å²) in [6, 6.07) is 4.29. The van der Waals surface area contributed by atoms with E-state index in [0.29, 0.717) is 36.9 Å². The molecule has 1 aliphatic rings. The highest BCUT2D eigenvalue weighted by molar-refractivity contribution is 5.94. The van der Waals surface area contributed by atoms with Crippen LogP contribution < -0.4 is 5.32 Å². The van der Waals surface area contributed by atoms with Crippen molar-refractivity contribution in [1.82, 2.24) is 29.9 Å². The number of ether oxygens (including phenoxy) is 1. The number of nitrogens with zero attached hydrogens (tertiary/aromatic N) is 5. The number of imidazole rings is 1. The molecule has 1 aliphatic heterocycles. The third-order valence-corrected chi connectivity index (χ3v) is 6.39. The van der Waals surface area contributed by atoms with Gasteiger partial charge in [-0.2, -0.15) is 4.98 Å². The Kier molecular flexibility index (Phi) is 7.55. The highest BCUT2D eigenvalue weighted by Crippen LogP contribution is 2.34. The molecule has 4 rings (SSSR count). The second-order valence-corrected chi connectivity index (χ2v) is 12.1. The van der Waals surface area contributed by atoms with Crippen molar-refractivity contribution in [2.75, 3.05) is 6.54 Å². The molecule has 1 aromatic carbocycles. The second-order valence-electron chi connectivity index (χ2n) is 12.1. The highest BCUT2D eigenvalue weighted by Gasteiger charge is 2.36. The van der Waals surface area contributed by atoms with Crippen molar-refractivity contribution in [1.29, 1.82) is 0 Å². The molecular formula is C28H37FN6O4. The average Bonchev–Trinajstić information content (AvgIpc) is 3.31. The maximum absolute atomic E-state index is 15.1. The number of hydrogen-bond donors (Lipinski definition) is 1. The Balaban J connectivity index is 1.79. The quantitative estimate of drug-likeness (QED) is 0.474. The molecule has 2 aromatic heterocycles. The van der Waals surface area contributed by atoms with E-state index in [9.17, 15) is 9.59 Å². The lowest BCUT2D eigenvalue weighted by molar-refractivity contribution is 0.0235. The van der Waals surface area contributed by atoms with Gasteiger partial charge in [0.05, 0.1) is 17.8 Å². The third kappa shape index (κ3) is 6.29. The smallest absolute Gasteiger partial charge is 0.410 e. The van der Waals surface area contributed by atoms with Gasteiger partial charge in [0, 0.05) is 13.1 Å². The van der Waals surface area contributed by atoms with E-state index < -0.39 is 34.9 Å². The van der Waals surface area contributed by atoms with Crippen LogP contribution in [0.1, 0.15) is 87.5 Å². The lowest BCUT2D eigenvalue weighted by Gasteiger charge is -2.28. The first-order valence-corrected chi connectivity index (χ1v) is 13.1. The van der Waals surface area contributed by atoms with Gasteiger partial charge in [-0.25, -0.2) is 14.2 Å². The fourth-order valence-electron chi connectivity index (χ4n) is 4.52. The summed E-state index contributed by atoms with van der Waals surface area (Å²) in [4.78, 5) is 37.4. The molecule has 0 saturated carbocycles. The van der Waals surface area contributed by atoms with Crippen molar-refractivity contribution in [3.63, 3.8) is 0 Å². The average molecular weight is 541 g/mol. The number of halogens is 1. The van der Waals surface area contributed by atoms with Gasteiger partial charge in [0.2, 0.25) is 5.89 Å². The number of fused-ring (bicyclic) bond motifs is 1. The van der Waals surface area contributed by atoms with Crippen LogP contribution in [0.3, 0.4) is 0 Å². The molecule has 3 heterocycles. The molecule has 0 fully saturated rings. The Bertz CT molecular complexity index is 1380. The monoisotopic (exact) mass is 540 g/mol. The van der Waals surface area contributed by atoms with Crippen LogP contribution in [0.4, 0.5) is 9.18 Å². The number of carbonyl (C=O) groups excluding carboxylic acids is 2. The van der Waals surface area contributed by atoms with Crippen LogP contribution in [0, 0.1) is 25.1 Å². The van der Waals surface area contributed by atoms with Gasteiger partial charge in [0.15, 0.2) is 11.5 Å². The number of hydrogen-bond acceptors (Lipinski definition) is 7. The number of aryl methyl sites for hydroxylation is 2. The van der Waals surface area contributed by atoms with Crippen LogP contribution in [0.25, 0.3) is 11.4 Å². The van der Waals surface area contributed by atoms with Gasteiger partial charge < -0.3 is 24.0 Å². The molecule has 1 unspecified atom stereocenters. The predicted molar refractivity (Wildman–Crippen MR) is 142 cm³/mol. The van der Waals surface area contributed by atoms with Gasteiger partial charge in [0.1, 0.15) is 23.3 Å². The molecule has 0 saturated heterocycles. The zero-order chi connectivity index (χ0) is 28.7. The predicted octanol–water partition coefficient (Wildman–Crippen LogP) is 5.35. The van der Waals surface area contributed by atoms with Crippen molar-refractivity contribution >= 4 is 12.0 Å². The van der Waals surface area contributed by atoms with E-state index in [4.69, 9.17) is 9.26 Å². The Morgan fingerprint density at radius 2 is 1.82 bits per heavy atom. The standard InChI is InChI=1S/C28H37FN6O4/c1-16-10-11-18(19(29)14-16)23-31-21(24(36)32-22(27(3,4)5)25-30-17(2)33-39-25)20-15-34(12-9-13-35(20)23)26(37)38-28(6,7)8/h10-11,14,22H,9,12-13,15H2,1-8H3,(H,32,36). The molecule has 1 atom stereocenters. The van der Waals surface area contributed by atoms with Crippen LogP contribution >= 0.6 is 0 Å². The van der Waals surface area contributed by atoms with E-state index in [1.807, 2.05) is 32.3 Å². The number of rotatable bonds is 4. The Hall–Kier alpha value is -3.76. The minimum atomic E-state index is -0.678. The molecule has 1 N–H and O–H groups in total. The normalized spacial score (nSPS) is 14.9.